The molecule has 0 bridgehead atoms. The normalized spacial score (nSPS) is 13.6. The van der Waals surface area contributed by atoms with E-state index in [1.807, 2.05) is 18.2 Å². The Morgan fingerprint density at radius 3 is 2.36 bits per heavy atom. The van der Waals surface area contributed by atoms with Crippen LogP contribution in [0, 0.1) is 0 Å². The van der Waals surface area contributed by atoms with Gasteiger partial charge in [0.2, 0.25) is 0 Å². The molecule has 74 valence electrons. The van der Waals surface area contributed by atoms with Crippen LogP contribution in [0.2, 0.25) is 0 Å². The van der Waals surface area contributed by atoms with Crippen molar-refractivity contribution in [1.82, 2.24) is 4.57 Å². The molecular formula is C13H17N. The van der Waals surface area contributed by atoms with Crippen LogP contribution in [0.5, 0.6) is 0 Å². The summed E-state index contributed by atoms with van der Waals surface area (Å²) >= 11 is 0. The number of hydrogen-bond acceptors (Lipinski definition) is 0. The number of nitrogens with zero attached hydrogens (tertiary/aromatic N) is 1. The Morgan fingerprint density at radius 2 is 1.86 bits per heavy atom. The minimum Gasteiger partial charge on any atom is -0.345 e. The second kappa shape index (κ2) is 4.66. The van der Waals surface area contributed by atoms with E-state index in [-0.39, 0.29) is 0 Å². The van der Waals surface area contributed by atoms with Crippen molar-refractivity contribution in [2.24, 2.45) is 0 Å². The zero-order valence-electron chi connectivity index (χ0n) is 8.90. The highest BCUT2D eigenvalue weighted by Crippen LogP contribution is 1.96. The summed E-state index contributed by atoms with van der Waals surface area (Å²) in [6.45, 7) is 11.8. The van der Waals surface area contributed by atoms with Gasteiger partial charge in [0.05, 0.1) is 0 Å². The molecule has 1 heterocycles. The van der Waals surface area contributed by atoms with Gasteiger partial charge in [-0.15, -0.1) is 0 Å². The molecule has 0 aliphatic carbocycles. The summed E-state index contributed by atoms with van der Waals surface area (Å²) in [5.74, 6) is 0. The lowest BCUT2D eigenvalue weighted by Crippen LogP contribution is -2.29. The van der Waals surface area contributed by atoms with Crippen LogP contribution in [0.3, 0.4) is 0 Å². The van der Waals surface area contributed by atoms with E-state index in [0.717, 1.165) is 0 Å². The van der Waals surface area contributed by atoms with Crippen LogP contribution in [-0.4, -0.2) is 4.57 Å². The van der Waals surface area contributed by atoms with Gasteiger partial charge in [-0.2, -0.15) is 0 Å². The first-order valence-corrected chi connectivity index (χ1v) is 4.83. The molecule has 0 aromatic carbocycles. The number of hydrogen-bond donors (Lipinski definition) is 0. The highest BCUT2D eigenvalue weighted by molar-refractivity contribution is 5.40. The predicted octanol–water partition coefficient (Wildman–Crippen LogP) is 2.00. The molecule has 0 atom stereocenters. The molecule has 1 nitrogen and oxygen atoms in total. The van der Waals surface area contributed by atoms with E-state index in [4.69, 9.17) is 0 Å². The Kier molecular flexibility index (Phi) is 3.52. The van der Waals surface area contributed by atoms with Crippen molar-refractivity contribution in [2.45, 2.75) is 19.9 Å². The summed E-state index contributed by atoms with van der Waals surface area (Å²) in [6.07, 6.45) is 9.74. The average molecular weight is 187 g/mol. The van der Waals surface area contributed by atoms with Crippen molar-refractivity contribution < 1.29 is 0 Å². The maximum absolute atomic E-state index is 3.73. The quantitative estimate of drug-likeness (QED) is 0.682. The first-order chi connectivity index (χ1) is 6.70. The first kappa shape index (κ1) is 10.6. The molecule has 0 aliphatic heterocycles. The SMILES string of the molecule is C=C/C=c1/ccn(C(C)C)/c1=C/C=C. The summed E-state index contributed by atoms with van der Waals surface area (Å²) in [5, 5.41) is 2.38. The molecule has 1 heteroatoms. The summed E-state index contributed by atoms with van der Waals surface area (Å²) in [4.78, 5) is 0. The zero-order chi connectivity index (χ0) is 10.6. The molecule has 0 spiro atoms. The molecule has 0 aliphatic rings. The van der Waals surface area contributed by atoms with Gasteiger partial charge < -0.3 is 4.57 Å². The highest BCUT2D eigenvalue weighted by Gasteiger charge is 1.98. The van der Waals surface area contributed by atoms with Crippen LogP contribution < -0.4 is 10.6 Å². The third-order valence-electron chi connectivity index (χ3n) is 2.12. The van der Waals surface area contributed by atoms with E-state index in [1.54, 1.807) is 6.08 Å². The molecule has 1 aromatic rings. The van der Waals surface area contributed by atoms with Crippen LogP contribution in [-0.2, 0) is 0 Å². The van der Waals surface area contributed by atoms with Gasteiger partial charge in [0.25, 0.3) is 0 Å². The summed E-state index contributed by atoms with van der Waals surface area (Å²) in [5.41, 5.74) is 0. The smallest absolute Gasteiger partial charge is 0.0482 e. The van der Waals surface area contributed by atoms with Gasteiger partial charge in [0.15, 0.2) is 0 Å². The van der Waals surface area contributed by atoms with Crippen LogP contribution in [0.25, 0.3) is 12.2 Å². The van der Waals surface area contributed by atoms with Gasteiger partial charge in [-0.05, 0) is 31.2 Å². The fourth-order valence-electron chi connectivity index (χ4n) is 1.49. The lowest BCUT2D eigenvalue weighted by atomic mass is 10.3. The first-order valence-electron chi connectivity index (χ1n) is 4.83. The fraction of sp³-hybridized carbons (Fsp3) is 0.231. The van der Waals surface area contributed by atoms with Crippen LogP contribution in [0.15, 0.2) is 37.6 Å². The van der Waals surface area contributed by atoms with Crippen molar-refractivity contribution >= 4 is 12.2 Å². The Labute approximate surface area is 85.4 Å². The van der Waals surface area contributed by atoms with Crippen molar-refractivity contribution in [3.8, 4) is 0 Å². The van der Waals surface area contributed by atoms with Gasteiger partial charge in [0.1, 0.15) is 0 Å². The van der Waals surface area contributed by atoms with Crippen LogP contribution in [0.4, 0.5) is 0 Å². The second-order valence-electron chi connectivity index (χ2n) is 3.46. The summed E-state index contributed by atoms with van der Waals surface area (Å²) in [7, 11) is 0. The average Bonchev–Trinajstić information content (AvgIpc) is 2.50. The molecule has 1 aromatic heterocycles. The van der Waals surface area contributed by atoms with Gasteiger partial charge in [-0.3, -0.25) is 0 Å². The largest absolute Gasteiger partial charge is 0.345 e. The van der Waals surface area contributed by atoms with Crippen molar-refractivity contribution in [3.05, 3.63) is 48.1 Å². The third kappa shape index (κ3) is 2.05. The van der Waals surface area contributed by atoms with Gasteiger partial charge in [0, 0.05) is 17.6 Å². The van der Waals surface area contributed by atoms with E-state index in [2.05, 4.69) is 43.8 Å². The Bertz CT molecular complexity index is 432. The Hall–Kier alpha value is -1.50. The molecule has 0 amide bonds. The highest BCUT2D eigenvalue weighted by atomic mass is 15.0. The molecule has 14 heavy (non-hydrogen) atoms. The molecule has 0 radical (unpaired) electrons. The molecular weight excluding hydrogens is 170 g/mol. The van der Waals surface area contributed by atoms with E-state index in [0.29, 0.717) is 6.04 Å². The zero-order valence-corrected chi connectivity index (χ0v) is 8.90. The second-order valence-corrected chi connectivity index (χ2v) is 3.46. The molecule has 0 unspecified atom stereocenters. The third-order valence-corrected chi connectivity index (χ3v) is 2.12. The van der Waals surface area contributed by atoms with Gasteiger partial charge in [-0.25, -0.2) is 0 Å². The topological polar surface area (TPSA) is 4.93 Å². The summed E-state index contributed by atoms with van der Waals surface area (Å²) in [6, 6.07) is 2.56. The number of allylic oxidation sites excluding steroid dienone is 2. The minimum absolute atomic E-state index is 0.466. The molecule has 0 saturated carbocycles. The molecule has 0 N–H and O–H groups in total. The minimum atomic E-state index is 0.466. The fourth-order valence-corrected chi connectivity index (χ4v) is 1.49. The number of aromatic nitrogens is 1. The predicted molar refractivity (Wildman–Crippen MR) is 63.4 cm³/mol. The van der Waals surface area contributed by atoms with E-state index >= 15 is 0 Å². The number of rotatable bonds is 3. The van der Waals surface area contributed by atoms with Gasteiger partial charge in [-0.1, -0.05) is 31.4 Å². The van der Waals surface area contributed by atoms with E-state index in [9.17, 15) is 0 Å². The van der Waals surface area contributed by atoms with Crippen LogP contribution >= 0.6 is 0 Å². The van der Waals surface area contributed by atoms with E-state index in [1.165, 1.54) is 10.6 Å². The van der Waals surface area contributed by atoms with Gasteiger partial charge >= 0.3 is 0 Å². The Morgan fingerprint density at radius 1 is 1.21 bits per heavy atom. The van der Waals surface area contributed by atoms with E-state index < -0.39 is 0 Å². The van der Waals surface area contributed by atoms with Crippen LogP contribution in [0.1, 0.15) is 19.9 Å². The standard InChI is InChI=1S/C13H17N/c1-5-7-12-9-10-14(11(3)4)13(12)8-6-2/h5-11H,1-2H2,3-4H3/b12-7-,13-8+. The molecule has 1 rings (SSSR count). The molecule has 0 fully saturated rings. The van der Waals surface area contributed by atoms with Crippen molar-refractivity contribution in [2.75, 3.05) is 0 Å². The van der Waals surface area contributed by atoms with Crippen molar-refractivity contribution in [3.63, 3.8) is 0 Å². The maximum Gasteiger partial charge on any atom is 0.0482 e. The van der Waals surface area contributed by atoms with Crippen molar-refractivity contribution in [1.29, 1.82) is 0 Å². The monoisotopic (exact) mass is 187 g/mol. The lowest BCUT2D eigenvalue weighted by Gasteiger charge is -2.06. The maximum atomic E-state index is 3.73. The summed E-state index contributed by atoms with van der Waals surface area (Å²) < 4.78 is 2.22. The lowest BCUT2D eigenvalue weighted by molar-refractivity contribution is 0.588. The molecule has 0 saturated heterocycles. The Balaban J connectivity index is 3.51.